The van der Waals surface area contributed by atoms with Crippen molar-refractivity contribution in [2.24, 2.45) is 0 Å². The second kappa shape index (κ2) is 8.28. The highest BCUT2D eigenvalue weighted by Crippen LogP contribution is 2.17. The normalized spacial score (nSPS) is 11.8. The van der Waals surface area contributed by atoms with Crippen molar-refractivity contribution in [2.45, 2.75) is 31.8 Å². The molecule has 0 aliphatic rings. The van der Waals surface area contributed by atoms with Crippen molar-refractivity contribution in [3.8, 4) is 5.75 Å². The maximum Gasteiger partial charge on any atom is 0.243 e. The van der Waals surface area contributed by atoms with E-state index in [1.165, 1.54) is 4.31 Å². The van der Waals surface area contributed by atoms with Gasteiger partial charge in [-0.05, 0) is 23.8 Å². The SMILES string of the molecule is CCN(CC)S(=O)(=O)c1ccc(CNCc2ccccc2O)cc1. The fourth-order valence-electron chi connectivity index (χ4n) is 2.49. The van der Waals surface area contributed by atoms with Gasteiger partial charge in [0.1, 0.15) is 5.75 Å². The third-order valence-electron chi connectivity index (χ3n) is 3.90. The molecule has 0 spiro atoms. The molecule has 2 N–H and O–H groups in total. The Kier molecular flexibility index (Phi) is 6.36. The van der Waals surface area contributed by atoms with Crippen LogP contribution in [0.15, 0.2) is 53.4 Å². The van der Waals surface area contributed by atoms with Gasteiger partial charge in [0.05, 0.1) is 4.90 Å². The number of nitrogens with zero attached hydrogens (tertiary/aromatic N) is 1. The first kappa shape index (κ1) is 18.4. The molecule has 0 saturated carbocycles. The van der Waals surface area contributed by atoms with Gasteiger partial charge in [-0.15, -0.1) is 0 Å². The quantitative estimate of drug-likeness (QED) is 0.770. The van der Waals surface area contributed by atoms with Crippen LogP contribution in [0.1, 0.15) is 25.0 Å². The molecule has 5 nitrogen and oxygen atoms in total. The summed E-state index contributed by atoms with van der Waals surface area (Å²) in [6, 6.07) is 14.1. The van der Waals surface area contributed by atoms with E-state index in [1.54, 1.807) is 24.3 Å². The maximum absolute atomic E-state index is 12.4. The van der Waals surface area contributed by atoms with E-state index in [0.717, 1.165) is 11.1 Å². The van der Waals surface area contributed by atoms with Gasteiger partial charge in [0.2, 0.25) is 10.0 Å². The molecule has 130 valence electrons. The number of sulfonamides is 1. The monoisotopic (exact) mass is 348 g/mol. The Balaban J connectivity index is 1.99. The van der Waals surface area contributed by atoms with Gasteiger partial charge in [-0.1, -0.05) is 44.2 Å². The van der Waals surface area contributed by atoms with Crippen LogP contribution in [-0.2, 0) is 23.1 Å². The molecule has 0 saturated heterocycles. The predicted octanol–water partition coefficient (Wildman–Crippen LogP) is 2.71. The highest BCUT2D eigenvalue weighted by molar-refractivity contribution is 7.89. The van der Waals surface area contributed by atoms with E-state index in [9.17, 15) is 13.5 Å². The van der Waals surface area contributed by atoms with Crippen molar-refractivity contribution in [3.63, 3.8) is 0 Å². The number of nitrogens with one attached hydrogen (secondary N) is 1. The van der Waals surface area contributed by atoms with Gasteiger partial charge in [-0.3, -0.25) is 0 Å². The summed E-state index contributed by atoms with van der Waals surface area (Å²) in [7, 11) is -3.41. The Bertz CT molecular complexity index is 754. The summed E-state index contributed by atoms with van der Waals surface area (Å²) in [6.45, 7) is 5.73. The maximum atomic E-state index is 12.4. The predicted molar refractivity (Wildman–Crippen MR) is 95.2 cm³/mol. The molecule has 0 aromatic heterocycles. The highest BCUT2D eigenvalue weighted by Gasteiger charge is 2.20. The molecule has 0 atom stereocenters. The van der Waals surface area contributed by atoms with Crippen LogP contribution in [0.25, 0.3) is 0 Å². The Hall–Kier alpha value is -1.89. The molecule has 2 aromatic rings. The number of hydrogen-bond acceptors (Lipinski definition) is 4. The first-order valence-corrected chi connectivity index (χ1v) is 9.49. The van der Waals surface area contributed by atoms with Crippen molar-refractivity contribution >= 4 is 10.0 Å². The minimum atomic E-state index is -3.41. The second-order valence-corrected chi connectivity index (χ2v) is 7.40. The van der Waals surface area contributed by atoms with E-state index in [1.807, 2.05) is 38.1 Å². The Morgan fingerprint density at radius 3 is 2.17 bits per heavy atom. The van der Waals surface area contributed by atoms with Gasteiger partial charge < -0.3 is 10.4 Å². The number of phenolic OH excluding ortho intramolecular Hbond substituents is 1. The molecule has 0 fully saturated rings. The zero-order chi connectivity index (χ0) is 17.6. The van der Waals surface area contributed by atoms with Crippen LogP contribution >= 0.6 is 0 Å². The average molecular weight is 348 g/mol. The molecular weight excluding hydrogens is 324 g/mol. The van der Waals surface area contributed by atoms with Crippen LogP contribution in [-0.4, -0.2) is 30.9 Å². The molecule has 6 heteroatoms. The number of para-hydroxylation sites is 1. The van der Waals surface area contributed by atoms with E-state index < -0.39 is 10.0 Å². The zero-order valence-corrected chi connectivity index (χ0v) is 14.9. The molecule has 0 heterocycles. The van der Waals surface area contributed by atoms with Crippen LogP contribution in [0.3, 0.4) is 0 Å². The van der Waals surface area contributed by atoms with Crippen LogP contribution in [0.4, 0.5) is 0 Å². The molecule has 2 rings (SSSR count). The topological polar surface area (TPSA) is 69.6 Å². The largest absolute Gasteiger partial charge is 0.508 e. The lowest BCUT2D eigenvalue weighted by Gasteiger charge is -2.18. The molecule has 24 heavy (non-hydrogen) atoms. The molecule has 0 aliphatic carbocycles. The number of aromatic hydroxyl groups is 1. The molecular formula is C18H24N2O3S. The second-order valence-electron chi connectivity index (χ2n) is 5.47. The molecule has 0 bridgehead atoms. The van der Waals surface area contributed by atoms with E-state index in [-0.39, 0.29) is 5.75 Å². The van der Waals surface area contributed by atoms with Crippen LogP contribution in [0.5, 0.6) is 5.75 Å². The molecule has 0 unspecified atom stereocenters. The summed E-state index contributed by atoms with van der Waals surface area (Å²) in [5.41, 5.74) is 1.82. The smallest absolute Gasteiger partial charge is 0.243 e. The molecule has 0 radical (unpaired) electrons. The molecule has 0 aliphatic heterocycles. The fourth-order valence-corrected chi connectivity index (χ4v) is 3.95. The average Bonchev–Trinajstić information content (AvgIpc) is 2.58. The van der Waals surface area contributed by atoms with Gasteiger partial charge in [0.15, 0.2) is 0 Å². The van der Waals surface area contributed by atoms with Gasteiger partial charge >= 0.3 is 0 Å². The van der Waals surface area contributed by atoms with Crippen molar-refractivity contribution in [1.29, 1.82) is 0 Å². The molecule has 2 aromatic carbocycles. The van der Waals surface area contributed by atoms with E-state index in [0.29, 0.717) is 31.1 Å². The van der Waals surface area contributed by atoms with Gasteiger partial charge in [0.25, 0.3) is 0 Å². The highest BCUT2D eigenvalue weighted by atomic mass is 32.2. The Labute approximate surface area is 144 Å². The Morgan fingerprint density at radius 1 is 0.958 bits per heavy atom. The standard InChI is InChI=1S/C18H24N2O3S/c1-3-20(4-2)24(22,23)17-11-9-15(10-12-17)13-19-14-16-7-5-6-8-18(16)21/h5-12,19,21H,3-4,13-14H2,1-2H3. The minimum Gasteiger partial charge on any atom is -0.508 e. The van der Waals surface area contributed by atoms with Crippen molar-refractivity contribution in [2.75, 3.05) is 13.1 Å². The summed E-state index contributed by atoms with van der Waals surface area (Å²) in [4.78, 5) is 0.315. The van der Waals surface area contributed by atoms with Crippen molar-refractivity contribution in [3.05, 3.63) is 59.7 Å². The minimum absolute atomic E-state index is 0.269. The summed E-state index contributed by atoms with van der Waals surface area (Å²) in [5, 5.41) is 13.0. The summed E-state index contributed by atoms with van der Waals surface area (Å²) in [5.74, 6) is 0.269. The first-order valence-electron chi connectivity index (χ1n) is 8.05. The van der Waals surface area contributed by atoms with E-state index in [4.69, 9.17) is 0 Å². The lowest BCUT2D eigenvalue weighted by atomic mass is 10.2. The van der Waals surface area contributed by atoms with Crippen molar-refractivity contribution in [1.82, 2.24) is 9.62 Å². The fraction of sp³-hybridized carbons (Fsp3) is 0.333. The van der Waals surface area contributed by atoms with Crippen LogP contribution in [0.2, 0.25) is 0 Å². The number of benzene rings is 2. The third kappa shape index (κ3) is 4.35. The number of rotatable bonds is 8. The van der Waals surface area contributed by atoms with Crippen molar-refractivity contribution < 1.29 is 13.5 Å². The first-order chi connectivity index (χ1) is 11.5. The number of phenols is 1. The lowest BCUT2D eigenvalue weighted by molar-refractivity contribution is 0.445. The van der Waals surface area contributed by atoms with Crippen LogP contribution < -0.4 is 5.32 Å². The van der Waals surface area contributed by atoms with Gasteiger partial charge in [0, 0.05) is 31.7 Å². The van der Waals surface area contributed by atoms with Gasteiger partial charge in [-0.2, -0.15) is 4.31 Å². The van der Waals surface area contributed by atoms with Gasteiger partial charge in [-0.25, -0.2) is 8.42 Å². The third-order valence-corrected chi connectivity index (χ3v) is 5.97. The zero-order valence-electron chi connectivity index (χ0n) is 14.1. The summed E-state index contributed by atoms with van der Waals surface area (Å²) in [6.07, 6.45) is 0. The summed E-state index contributed by atoms with van der Waals surface area (Å²) < 4.78 is 26.3. The number of hydrogen-bond donors (Lipinski definition) is 2. The summed E-state index contributed by atoms with van der Waals surface area (Å²) >= 11 is 0. The lowest BCUT2D eigenvalue weighted by Crippen LogP contribution is -2.30. The van der Waals surface area contributed by atoms with Crippen LogP contribution in [0, 0.1) is 0 Å². The molecule has 0 amide bonds. The van der Waals surface area contributed by atoms with E-state index in [2.05, 4.69) is 5.32 Å². The van der Waals surface area contributed by atoms with E-state index >= 15 is 0 Å². The Morgan fingerprint density at radius 2 is 1.58 bits per heavy atom.